The molecule has 0 bridgehead atoms. The van der Waals surface area contributed by atoms with Crippen molar-refractivity contribution in [1.82, 2.24) is 35.1 Å². The van der Waals surface area contributed by atoms with E-state index in [1.165, 1.54) is 6.08 Å². The van der Waals surface area contributed by atoms with Gasteiger partial charge in [0.15, 0.2) is 0 Å². The molecule has 1 aliphatic rings. The molecule has 4 aromatic rings. The van der Waals surface area contributed by atoms with Crippen molar-refractivity contribution in [3.05, 3.63) is 85.0 Å². The molecular weight excluding hydrogens is 444 g/mol. The van der Waals surface area contributed by atoms with Gasteiger partial charge in [0.2, 0.25) is 5.91 Å². The maximum atomic E-state index is 12.7. The van der Waals surface area contributed by atoms with Crippen molar-refractivity contribution >= 4 is 17.5 Å². The van der Waals surface area contributed by atoms with Gasteiger partial charge in [0, 0.05) is 30.9 Å². The lowest BCUT2D eigenvalue weighted by atomic mass is 9.94. The number of carbonyl (C=O) groups excluding carboxylic acids is 2. The van der Waals surface area contributed by atoms with E-state index in [9.17, 15) is 9.59 Å². The van der Waals surface area contributed by atoms with Crippen LogP contribution in [0.5, 0.6) is 0 Å². The highest BCUT2D eigenvalue weighted by Crippen LogP contribution is 2.27. The highest BCUT2D eigenvalue weighted by atomic mass is 16.2. The summed E-state index contributed by atoms with van der Waals surface area (Å²) in [4.78, 5) is 30.7. The van der Waals surface area contributed by atoms with Crippen LogP contribution in [0, 0.1) is 0 Å². The summed E-state index contributed by atoms with van der Waals surface area (Å²) in [5, 5.41) is 18.3. The van der Waals surface area contributed by atoms with E-state index in [-0.39, 0.29) is 17.7 Å². The Morgan fingerprint density at radius 3 is 2.60 bits per heavy atom. The third-order valence-corrected chi connectivity index (χ3v) is 6.06. The van der Waals surface area contributed by atoms with Crippen molar-refractivity contribution in [2.45, 2.75) is 18.8 Å². The van der Waals surface area contributed by atoms with E-state index >= 15 is 0 Å². The van der Waals surface area contributed by atoms with E-state index in [2.05, 4.69) is 37.4 Å². The number of anilines is 1. The zero-order valence-electron chi connectivity index (χ0n) is 19.0. The summed E-state index contributed by atoms with van der Waals surface area (Å²) >= 11 is 0. The predicted molar refractivity (Wildman–Crippen MR) is 130 cm³/mol. The summed E-state index contributed by atoms with van der Waals surface area (Å²) in [5.74, 6) is -0.0646. The molecule has 1 aliphatic heterocycles. The summed E-state index contributed by atoms with van der Waals surface area (Å²) in [5.41, 5.74) is 4.09. The Labute approximate surface area is 201 Å². The second kappa shape index (κ2) is 9.72. The van der Waals surface area contributed by atoms with Crippen LogP contribution in [0.25, 0.3) is 17.1 Å². The van der Waals surface area contributed by atoms with Crippen LogP contribution in [0.15, 0.2) is 73.6 Å². The normalized spacial score (nSPS) is 14.0. The van der Waals surface area contributed by atoms with Gasteiger partial charge in [-0.15, -0.1) is 5.10 Å². The number of H-pyrrole nitrogens is 1. The monoisotopic (exact) mass is 468 g/mol. The number of carbonyl (C=O) groups is 2. The van der Waals surface area contributed by atoms with Crippen LogP contribution in [-0.2, 0) is 4.79 Å². The average molecular weight is 469 g/mol. The van der Waals surface area contributed by atoms with Gasteiger partial charge in [0.25, 0.3) is 5.91 Å². The molecule has 1 aromatic carbocycles. The number of piperidine rings is 1. The Hall–Kier alpha value is -4.60. The van der Waals surface area contributed by atoms with Gasteiger partial charge in [-0.3, -0.25) is 14.7 Å². The summed E-state index contributed by atoms with van der Waals surface area (Å²) in [7, 11) is 0. The summed E-state index contributed by atoms with van der Waals surface area (Å²) in [6.07, 6.45) is 6.61. The number of nitrogens with zero attached hydrogens (tertiary/aromatic N) is 6. The van der Waals surface area contributed by atoms with E-state index in [0.717, 1.165) is 29.9 Å². The SMILES string of the molecule is C=CC(=O)N1CCC(c2cn(-c3ccc(NC(=O)c4cccc(-c5ccn[nH]5)n4)cc3)nn2)CC1. The van der Waals surface area contributed by atoms with E-state index in [1.807, 2.05) is 41.4 Å². The molecule has 2 N–H and O–H groups in total. The van der Waals surface area contributed by atoms with Gasteiger partial charge in [-0.1, -0.05) is 17.9 Å². The molecule has 0 saturated carbocycles. The zero-order valence-corrected chi connectivity index (χ0v) is 19.0. The first-order valence-electron chi connectivity index (χ1n) is 11.3. The lowest BCUT2D eigenvalue weighted by Crippen LogP contribution is -2.36. The second-order valence-corrected chi connectivity index (χ2v) is 8.27. The highest BCUT2D eigenvalue weighted by molar-refractivity contribution is 6.03. The van der Waals surface area contributed by atoms with Crippen molar-refractivity contribution in [2.24, 2.45) is 0 Å². The highest BCUT2D eigenvalue weighted by Gasteiger charge is 2.24. The molecule has 1 saturated heterocycles. The minimum absolute atomic E-state index is 0.0272. The standard InChI is InChI=1S/C25H24N8O2/c1-2-24(34)32-14-11-17(12-15-32)23-16-33(31-30-23)19-8-6-18(7-9-19)27-25(35)22-5-3-4-20(28-22)21-10-13-26-29-21/h2-10,13,16-17H,1,11-12,14-15H2,(H,26,29)(H,27,35). The largest absolute Gasteiger partial charge is 0.339 e. The number of rotatable bonds is 6. The fraction of sp³-hybridized carbons (Fsp3) is 0.200. The van der Waals surface area contributed by atoms with Gasteiger partial charge in [0.05, 0.1) is 29.0 Å². The van der Waals surface area contributed by atoms with Crippen LogP contribution in [0.2, 0.25) is 0 Å². The lowest BCUT2D eigenvalue weighted by Gasteiger charge is -2.30. The first kappa shape index (κ1) is 22.2. The molecule has 0 spiro atoms. The fourth-order valence-electron chi connectivity index (χ4n) is 4.12. The van der Waals surface area contributed by atoms with E-state index in [4.69, 9.17) is 0 Å². The van der Waals surface area contributed by atoms with Crippen molar-refractivity contribution < 1.29 is 9.59 Å². The summed E-state index contributed by atoms with van der Waals surface area (Å²) in [6, 6.07) is 14.4. The summed E-state index contributed by atoms with van der Waals surface area (Å²) in [6.45, 7) is 4.94. The molecular formula is C25H24N8O2. The van der Waals surface area contributed by atoms with E-state index < -0.39 is 0 Å². The zero-order chi connectivity index (χ0) is 24.2. The van der Waals surface area contributed by atoms with Gasteiger partial charge in [-0.05, 0) is 61.4 Å². The van der Waals surface area contributed by atoms with Crippen molar-refractivity contribution in [1.29, 1.82) is 0 Å². The molecule has 10 nitrogen and oxygen atoms in total. The van der Waals surface area contributed by atoms with Gasteiger partial charge in [-0.2, -0.15) is 5.10 Å². The van der Waals surface area contributed by atoms with Crippen LogP contribution >= 0.6 is 0 Å². The van der Waals surface area contributed by atoms with Crippen molar-refractivity contribution in [2.75, 3.05) is 18.4 Å². The molecule has 5 rings (SSSR count). The number of nitrogens with one attached hydrogen (secondary N) is 2. The first-order chi connectivity index (χ1) is 17.1. The Kier molecular flexibility index (Phi) is 6.16. The molecule has 3 aromatic heterocycles. The average Bonchev–Trinajstić information content (AvgIpc) is 3.62. The number of aromatic amines is 1. The minimum atomic E-state index is -0.302. The molecule has 0 atom stereocenters. The first-order valence-corrected chi connectivity index (χ1v) is 11.3. The Balaban J connectivity index is 1.22. The fourth-order valence-corrected chi connectivity index (χ4v) is 4.12. The van der Waals surface area contributed by atoms with Gasteiger partial charge in [0.1, 0.15) is 5.69 Å². The third-order valence-electron chi connectivity index (χ3n) is 6.06. The lowest BCUT2D eigenvalue weighted by molar-refractivity contribution is -0.127. The number of hydrogen-bond donors (Lipinski definition) is 2. The Morgan fingerprint density at radius 1 is 1.09 bits per heavy atom. The summed E-state index contributed by atoms with van der Waals surface area (Å²) < 4.78 is 1.72. The number of likely N-dealkylation sites (tertiary alicyclic amines) is 1. The van der Waals surface area contributed by atoms with Crippen LogP contribution in [-0.4, -0.2) is 60.0 Å². The molecule has 0 unspecified atom stereocenters. The molecule has 1 fully saturated rings. The quantitative estimate of drug-likeness (QED) is 0.419. The number of aromatic nitrogens is 6. The van der Waals surface area contributed by atoms with Crippen molar-refractivity contribution in [3.8, 4) is 17.1 Å². The molecule has 176 valence electrons. The third kappa shape index (κ3) is 4.86. The molecule has 0 aliphatic carbocycles. The number of amides is 2. The van der Waals surface area contributed by atoms with Gasteiger partial charge in [-0.25, -0.2) is 9.67 Å². The molecule has 0 radical (unpaired) electrons. The Bertz CT molecular complexity index is 1340. The maximum Gasteiger partial charge on any atom is 0.274 e. The van der Waals surface area contributed by atoms with E-state index in [1.54, 1.807) is 29.1 Å². The molecule has 35 heavy (non-hydrogen) atoms. The van der Waals surface area contributed by atoms with Gasteiger partial charge >= 0.3 is 0 Å². The van der Waals surface area contributed by atoms with Crippen LogP contribution in [0.3, 0.4) is 0 Å². The number of benzene rings is 1. The predicted octanol–water partition coefficient (Wildman–Crippen LogP) is 3.20. The number of pyridine rings is 1. The van der Waals surface area contributed by atoms with Crippen LogP contribution in [0.1, 0.15) is 34.9 Å². The smallest absolute Gasteiger partial charge is 0.274 e. The van der Waals surface area contributed by atoms with Gasteiger partial charge < -0.3 is 10.2 Å². The molecule has 4 heterocycles. The number of hydrogen-bond acceptors (Lipinski definition) is 6. The van der Waals surface area contributed by atoms with Crippen molar-refractivity contribution in [3.63, 3.8) is 0 Å². The topological polar surface area (TPSA) is 122 Å². The van der Waals surface area contributed by atoms with Crippen LogP contribution in [0.4, 0.5) is 5.69 Å². The van der Waals surface area contributed by atoms with E-state index in [0.29, 0.717) is 30.2 Å². The van der Waals surface area contributed by atoms with Crippen LogP contribution < -0.4 is 5.32 Å². The second-order valence-electron chi connectivity index (χ2n) is 8.27. The minimum Gasteiger partial charge on any atom is -0.339 e. The molecule has 10 heteroatoms. The molecule has 2 amide bonds. The maximum absolute atomic E-state index is 12.7. The Morgan fingerprint density at radius 2 is 1.89 bits per heavy atom.